The Balaban J connectivity index is 1.75. The molecule has 98 valence electrons. The van der Waals surface area contributed by atoms with Crippen LogP contribution in [0.5, 0.6) is 0 Å². The van der Waals surface area contributed by atoms with Gasteiger partial charge in [0.15, 0.2) is 0 Å². The normalized spacial score (nSPS) is 26.0. The summed E-state index contributed by atoms with van der Waals surface area (Å²) in [6.45, 7) is 2.31. The molecule has 19 heavy (non-hydrogen) atoms. The fourth-order valence-electron chi connectivity index (χ4n) is 3.72. The molecule has 0 radical (unpaired) electrons. The molecule has 0 amide bonds. The summed E-state index contributed by atoms with van der Waals surface area (Å²) in [6.07, 6.45) is 5.84. The largest absolute Gasteiger partial charge is 0.399 e. The summed E-state index contributed by atoms with van der Waals surface area (Å²) < 4.78 is 0. The summed E-state index contributed by atoms with van der Waals surface area (Å²) >= 11 is 0. The number of benzene rings is 1. The van der Waals surface area contributed by atoms with Gasteiger partial charge < -0.3 is 10.6 Å². The number of nitrogens with two attached hydrogens (primary N) is 1. The van der Waals surface area contributed by atoms with Crippen LogP contribution in [-0.2, 0) is 0 Å². The first kappa shape index (κ1) is 11.0. The van der Waals surface area contributed by atoms with Crippen LogP contribution in [0.15, 0.2) is 24.5 Å². The van der Waals surface area contributed by atoms with Crippen LogP contribution in [0.1, 0.15) is 19.3 Å². The first-order chi connectivity index (χ1) is 9.31. The van der Waals surface area contributed by atoms with Crippen LogP contribution >= 0.6 is 0 Å². The Morgan fingerprint density at radius 2 is 1.89 bits per heavy atom. The summed E-state index contributed by atoms with van der Waals surface area (Å²) in [5.74, 6) is 2.83. The third kappa shape index (κ3) is 1.74. The van der Waals surface area contributed by atoms with Gasteiger partial charge >= 0.3 is 0 Å². The van der Waals surface area contributed by atoms with Crippen molar-refractivity contribution < 1.29 is 0 Å². The number of anilines is 2. The monoisotopic (exact) mass is 254 g/mol. The van der Waals surface area contributed by atoms with E-state index in [4.69, 9.17) is 5.73 Å². The van der Waals surface area contributed by atoms with Gasteiger partial charge in [0.25, 0.3) is 0 Å². The fraction of sp³-hybridized carbons (Fsp3) is 0.467. The Labute approximate surface area is 112 Å². The van der Waals surface area contributed by atoms with Crippen LogP contribution < -0.4 is 10.6 Å². The number of hydrogen-bond acceptors (Lipinski definition) is 4. The standard InChI is InChI=1S/C15H18N4/c16-12-4-5-13-14(6-12)17-9-18-15(13)19-7-10-2-1-3-11(10)8-19/h4-6,9-11H,1-3,7-8,16H2. The molecule has 2 unspecified atom stereocenters. The zero-order valence-corrected chi connectivity index (χ0v) is 10.9. The average Bonchev–Trinajstić information content (AvgIpc) is 2.98. The Morgan fingerprint density at radius 3 is 2.68 bits per heavy atom. The number of hydrogen-bond donors (Lipinski definition) is 1. The van der Waals surface area contributed by atoms with Crippen LogP contribution in [0, 0.1) is 11.8 Å². The molecule has 4 nitrogen and oxygen atoms in total. The fourth-order valence-corrected chi connectivity index (χ4v) is 3.72. The molecule has 1 saturated carbocycles. The lowest BCUT2D eigenvalue weighted by Crippen LogP contribution is -2.22. The van der Waals surface area contributed by atoms with Gasteiger partial charge in [0.2, 0.25) is 0 Å². The van der Waals surface area contributed by atoms with E-state index < -0.39 is 0 Å². The molecule has 0 bridgehead atoms. The van der Waals surface area contributed by atoms with Crippen molar-refractivity contribution in [2.75, 3.05) is 23.7 Å². The number of nitrogen functional groups attached to an aromatic ring is 1. The second-order valence-electron chi connectivity index (χ2n) is 5.83. The Bertz CT molecular complexity index is 613. The van der Waals surface area contributed by atoms with Crippen LogP contribution in [-0.4, -0.2) is 23.1 Å². The van der Waals surface area contributed by atoms with Gasteiger partial charge in [0, 0.05) is 24.2 Å². The highest BCUT2D eigenvalue weighted by Crippen LogP contribution is 2.40. The maximum Gasteiger partial charge on any atom is 0.139 e. The molecule has 1 aromatic carbocycles. The highest BCUT2D eigenvalue weighted by atomic mass is 15.2. The third-order valence-corrected chi connectivity index (χ3v) is 4.67. The highest BCUT2D eigenvalue weighted by molar-refractivity contribution is 5.91. The van der Waals surface area contributed by atoms with E-state index in [-0.39, 0.29) is 0 Å². The zero-order valence-electron chi connectivity index (χ0n) is 10.9. The number of nitrogens with zero attached hydrogens (tertiary/aromatic N) is 3. The van der Waals surface area contributed by atoms with Crippen molar-refractivity contribution in [2.24, 2.45) is 11.8 Å². The Kier molecular flexibility index (Phi) is 2.37. The van der Waals surface area contributed by atoms with Gasteiger partial charge in [0.05, 0.1) is 5.52 Å². The molecule has 2 aromatic rings. The molecule has 2 atom stereocenters. The van der Waals surface area contributed by atoms with Crippen LogP contribution in [0.25, 0.3) is 10.9 Å². The molecule has 2 N–H and O–H groups in total. The lowest BCUT2D eigenvalue weighted by atomic mass is 10.0. The van der Waals surface area contributed by atoms with E-state index in [1.54, 1.807) is 6.33 Å². The van der Waals surface area contributed by atoms with Crippen molar-refractivity contribution in [3.63, 3.8) is 0 Å². The minimum Gasteiger partial charge on any atom is -0.399 e. The summed E-state index contributed by atoms with van der Waals surface area (Å²) in [4.78, 5) is 11.3. The molecule has 0 spiro atoms. The van der Waals surface area contributed by atoms with Crippen LogP contribution in [0.4, 0.5) is 11.5 Å². The van der Waals surface area contributed by atoms with Gasteiger partial charge in [-0.3, -0.25) is 0 Å². The molecule has 4 heteroatoms. The van der Waals surface area contributed by atoms with Gasteiger partial charge in [-0.05, 0) is 42.9 Å². The molecule has 1 aliphatic heterocycles. The molecule has 1 saturated heterocycles. The average molecular weight is 254 g/mol. The number of fused-ring (bicyclic) bond motifs is 2. The van der Waals surface area contributed by atoms with E-state index in [0.29, 0.717) is 0 Å². The summed E-state index contributed by atoms with van der Waals surface area (Å²) in [6, 6.07) is 5.91. The maximum absolute atomic E-state index is 5.83. The lowest BCUT2D eigenvalue weighted by molar-refractivity contribution is 0.494. The van der Waals surface area contributed by atoms with Gasteiger partial charge in [-0.15, -0.1) is 0 Å². The second-order valence-corrected chi connectivity index (χ2v) is 5.83. The molecule has 4 rings (SSSR count). The van der Waals surface area contributed by atoms with Crippen LogP contribution in [0.2, 0.25) is 0 Å². The van der Waals surface area contributed by atoms with E-state index in [2.05, 4.69) is 14.9 Å². The SMILES string of the molecule is Nc1ccc2c(N3CC4CCCC4C3)ncnc2c1. The topological polar surface area (TPSA) is 55.0 Å². The molecular weight excluding hydrogens is 236 g/mol. The summed E-state index contributed by atoms with van der Waals surface area (Å²) in [7, 11) is 0. The predicted molar refractivity (Wildman–Crippen MR) is 77.0 cm³/mol. The molecule has 2 fully saturated rings. The zero-order chi connectivity index (χ0) is 12.8. The van der Waals surface area contributed by atoms with Crippen molar-refractivity contribution in [1.82, 2.24) is 9.97 Å². The van der Waals surface area contributed by atoms with E-state index in [9.17, 15) is 0 Å². The van der Waals surface area contributed by atoms with E-state index in [0.717, 1.165) is 47.3 Å². The van der Waals surface area contributed by atoms with Crippen molar-refractivity contribution in [3.05, 3.63) is 24.5 Å². The minimum absolute atomic E-state index is 0.760. The van der Waals surface area contributed by atoms with Crippen molar-refractivity contribution >= 4 is 22.4 Å². The van der Waals surface area contributed by atoms with Gasteiger partial charge in [0.1, 0.15) is 12.1 Å². The van der Waals surface area contributed by atoms with E-state index in [1.165, 1.54) is 19.3 Å². The molecular formula is C15H18N4. The molecule has 2 heterocycles. The van der Waals surface area contributed by atoms with Crippen molar-refractivity contribution in [2.45, 2.75) is 19.3 Å². The number of aromatic nitrogens is 2. The molecule has 2 aliphatic rings. The lowest BCUT2D eigenvalue weighted by Gasteiger charge is -2.19. The van der Waals surface area contributed by atoms with Crippen molar-refractivity contribution in [3.8, 4) is 0 Å². The smallest absolute Gasteiger partial charge is 0.139 e. The molecule has 1 aliphatic carbocycles. The van der Waals surface area contributed by atoms with Gasteiger partial charge in [-0.1, -0.05) is 6.42 Å². The quantitative estimate of drug-likeness (QED) is 0.794. The highest BCUT2D eigenvalue weighted by Gasteiger charge is 2.36. The van der Waals surface area contributed by atoms with E-state index in [1.807, 2.05) is 18.2 Å². The maximum atomic E-state index is 5.83. The molecule has 1 aromatic heterocycles. The van der Waals surface area contributed by atoms with Crippen molar-refractivity contribution in [1.29, 1.82) is 0 Å². The minimum atomic E-state index is 0.760. The van der Waals surface area contributed by atoms with Crippen LogP contribution in [0.3, 0.4) is 0 Å². The first-order valence-electron chi connectivity index (χ1n) is 7.06. The Morgan fingerprint density at radius 1 is 1.11 bits per heavy atom. The third-order valence-electron chi connectivity index (χ3n) is 4.67. The summed E-state index contributed by atoms with van der Waals surface area (Å²) in [5.41, 5.74) is 7.53. The number of rotatable bonds is 1. The Hall–Kier alpha value is -1.84. The van der Waals surface area contributed by atoms with Gasteiger partial charge in [-0.25, -0.2) is 9.97 Å². The van der Waals surface area contributed by atoms with E-state index >= 15 is 0 Å². The summed E-state index contributed by atoms with van der Waals surface area (Å²) in [5, 5.41) is 1.12. The first-order valence-corrected chi connectivity index (χ1v) is 7.06. The van der Waals surface area contributed by atoms with Gasteiger partial charge in [-0.2, -0.15) is 0 Å². The predicted octanol–water partition coefficient (Wildman–Crippen LogP) is 2.45. The second kappa shape index (κ2) is 4.08.